The summed E-state index contributed by atoms with van der Waals surface area (Å²) in [6.45, 7) is 1.49. The molecule has 3 aromatic heterocycles. The molecule has 0 spiro atoms. The Morgan fingerprint density at radius 3 is 3.19 bits per heavy atom. The minimum atomic E-state index is 0.00981. The van der Waals surface area contributed by atoms with E-state index in [1.165, 1.54) is 0 Å². The smallest absolute Gasteiger partial charge is 0.246 e. The molecule has 3 aromatic rings. The van der Waals surface area contributed by atoms with Crippen molar-refractivity contribution in [1.82, 2.24) is 15.0 Å². The number of rotatable bonds is 5. The summed E-state index contributed by atoms with van der Waals surface area (Å²) < 4.78 is 10.6. The van der Waals surface area contributed by atoms with Gasteiger partial charge in [0.25, 0.3) is 0 Å². The Hall–Kier alpha value is -2.67. The van der Waals surface area contributed by atoms with Crippen LogP contribution in [0.2, 0.25) is 0 Å². The lowest BCUT2D eigenvalue weighted by atomic mass is 9.94. The van der Waals surface area contributed by atoms with Gasteiger partial charge in [-0.05, 0) is 48.4 Å². The zero-order valence-corrected chi connectivity index (χ0v) is 15.0. The predicted octanol–water partition coefficient (Wildman–Crippen LogP) is 3.89. The average molecular weight is 369 g/mol. The Balaban J connectivity index is 1.35. The van der Waals surface area contributed by atoms with Crippen molar-refractivity contribution in [3.05, 3.63) is 52.9 Å². The van der Waals surface area contributed by atoms with Gasteiger partial charge in [-0.1, -0.05) is 5.16 Å². The first-order chi connectivity index (χ1) is 12.8. The van der Waals surface area contributed by atoms with Crippen LogP contribution in [0.5, 0.6) is 0 Å². The van der Waals surface area contributed by atoms with E-state index in [9.17, 15) is 4.79 Å². The lowest BCUT2D eigenvalue weighted by molar-refractivity contribution is -0.127. The zero-order valence-electron chi connectivity index (χ0n) is 14.2. The van der Waals surface area contributed by atoms with Crippen molar-refractivity contribution < 1.29 is 13.7 Å². The number of likely N-dealkylation sites (tertiary alicyclic amines) is 1. The maximum absolute atomic E-state index is 12.4. The van der Waals surface area contributed by atoms with Gasteiger partial charge < -0.3 is 13.8 Å². The Kier molecular flexibility index (Phi) is 4.97. The van der Waals surface area contributed by atoms with Crippen LogP contribution in [0.1, 0.15) is 24.5 Å². The molecule has 0 saturated carbocycles. The minimum Gasteiger partial charge on any atom is -0.465 e. The van der Waals surface area contributed by atoms with Gasteiger partial charge in [0.2, 0.25) is 17.6 Å². The van der Waals surface area contributed by atoms with Crippen LogP contribution in [0, 0.1) is 5.92 Å². The van der Waals surface area contributed by atoms with E-state index in [1.54, 1.807) is 35.8 Å². The number of hydrogen-bond acceptors (Lipinski definition) is 6. The molecule has 0 bridgehead atoms. The first-order valence-corrected chi connectivity index (χ1v) is 9.58. The SMILES string of the molecule is O=C(/C=C/c1ccco1)N1CCC[C@@H](Cc2nc(-c3ccsc3)no2)C1. The van der Waals surface area contributed by atoms with Crippen molar-refractivity contribution in [2.24, 2.45) is 5.92 Å². The van der Waals surface area contributed by atoms with Crippen LogP contribution in [0.4, 0.5) is 0 Å². The third-order valence-corrected chi connectivity index (χ3v) is 5.16. The molecule has 6 nitrogen and oxygen atoms in total. The molecule has 1 fully saturated rings. The maximum Gasteiger partial charge on any atom is 0.246 e. The van der Waals surface area contributed by atoms with Crippen molar-refractivity contribution in [2.45, 2.75) is 19.3 Å². The van der Waals surface area contributed by atoms with E-state index < -0.39 is 0 Å². The Morgan fingerprint density at radius 2 is 2.38 bits per heavy atom. The molecule has 1 aliphatic rings. The highest BCUT2D eigenvalue weighted by Crippen LogP contribution is 2.23. The standard InChI is InChI=1S/C19H19N3O3S/c23-18(6-5-16-4-2-9-24-16)22-8-1-3-14(12-22)11-17-20-19(21-25-17)15-7-10-26-13-15/h2,4-7,9-10,13-14H,1,3,8,11-12H2/b6-5+/t14-/m0/s1. The van der Waals surface area contributed by atoms with Crippen LogP contribution in [0.3, 0.4) is 0 Å². The number of aromatic nitrogens is 2. The molecule has 0 aromatic carbocycles. The predicted molar refractivity (Wildman–Crippen MR) is 98.4 cm³/mol. The highest BCUT2D eigenvalue weighted by Gasteiger charge is 2.24. The average Bonchev–Trinajstić information content (AvgIpc) is 3.41. The number of hydrogen-bond donors (Lipinski definition) is 0. The molecule has 0 unspecified atom stereocenters. The van der Waals surface area contributed by atoms with Crippen LogP contribution in [-0.2, 0) is 11.2 Å². The fraction of sp³-hybridized carbons (Fsp3) is 0.316. The molecule has 4 heterocycles. The molecule has 0 aliphatic carbocycles. The summed E-state index contributed by atoms with van der Waals surface area (Å²) >= 11 is 1.61. The van der Waals surface area contributed by atoms with Crippen molar-refractivity contribution in [3.8, 4) is 11.4 Å². The van der Waals surface area contributed by atoms with Gasteiger partial charge in [-0.3, -0.25) is 4.79 Å². The summed E-state index contributed by atoms with van der Waals surface area (Å²) in [7, 11) is 0. The number of thiophene rings is 1. The van der Waals surface area contributed by atoms with E-state index in [4.69, 9.17) is 8.94 Å². The van der Waals surface area contributed by atoms with Crippen molar-refractivity contribution >= 4 is 23.3 Å². The van der Waals surface area contributed by atoms with Gasteiger partial charge in [-0.25, -0.2) is 0 Å². The largest absolute Gasteiger partial charge is 0.465 e. The number of carbonyl (C=O) groups excluding carboxylic acids is 1. The molecule has 26 heavy (non-hydrogen) atoms. The van der Waals surface area contributed by atoms with Gasteiger partial charge >= 0.3 is 0 Å². The Morgan fingerprint density at radius 1 is 1.42 bits per heavy atom. The van der Waals surface area contributed by atoms with Gasteiger partial charge in [0.1, 0.15) is 5.76 Å². The summed E-state index contributed by atoms with van der Waals surface area (Å²) in [6.07, 6.45) is 7.61. The molecule has 0 radical (unpaired) electrons. The molecule has 1 amide bonds. The number of carbonyl (C=O) groups is 1. The second-order valence-electron chi connectivity index (χ2n) is 6.37. The number of piperidine rings is 1. The van der Waals surface area contributed by atoms with E-state index in [-0.39, 0.29) is 5.91 Å². The van der Waals surface area contributed by atoms with E-state index in [0.29, 0.717) is 36.4 Å². The fourth-order valence-corrected chi connectivity index (χ4v) is 3.80. The van der Waals surface area contributed by atoms with Gasteiger partial charge in [0.05, 0.1) is 6.26 Å². The van der Waals surface area contributed by atoms with Crippen molar-refractivity contribution in [3.63, 3.8) is 0 Å². The summed E-state index contributed by atoms with van der Waals surface area (Å²) in [5.41, 5.74) is 0.980. The third kappa shape index (κ3) is 3.94. The quantitative estimate of drug-likeness (QED) is 0.638. The van der Waals surface area contributed by atoms with Gasteiger partial charge in [-0.15, -0.1) is 0 Å². The minimum absolute atomic E-state index is 0.00981. The highest BCUT2D eigenvalue weighted by atomic mass is 32.1. The van der Waals surface area contributed by atoms with Crippen LogP contribution < -0.4 is 0 Å². The van der Waals surface area contributed by atoms with Crippen molar-refractivity contribution in [1.29, 1.82) is 0 Å². The van der Waals surface area contributed by atoms with E-state index >= 15 is 0 Å². The molecular formula is C19H19N3O3S. The highest BCUT2D eigenvalue weighted by molar-refractivity contribution is 7.08. The monoisotopic (exact) mass is 369 g/mol. The van der Waals surface area contributed by atoms with Gasteiger partial charge in [0.15, 0.2) is 0 Å². The summed E-state index contributed by atoms with van der Waals surface area (Å²) in [4.78, 5) is 18.8. The van der Waals surface area contributed by atoms with Gasteiger partial charge in [-0.2, -0.15) is 16.3 Å². The van der Waals surface area contributed by atoms with Crippen LogP contribution >= 0.6 is 11.3 Å². The van der Waals surface area contributed by atoms with Crippen LogP contribution in [0.25, 0.3) is 17.5 Å². The van der Waals surface area contributed by atoms with E-state index in [0.717, 1.165) is 24.9 Å². The normalized spacial score (nSPS) is 17.8. The summed E-state index contributed by atoms with van der Waals surface area (Å²) in [6, 6.07) is 5.60. The van der Waals surface area contributed by atoms with E-state index in [2.05, 4.69) is 10.1 Å². The second-order valence-corrected chi connectivity index (χ2v) is 7.15. The number of furan rings is 1. The first kappa shape index (κ1) is 16.8. The number of nitrogens with zero attached hydrogens (tertiary/aromatic N) is 3. The topological polar surface area (TPSA) is 72.4 Å². The third-order valence-electron chi connectivity index (χ3n) is 4.47. The molecule has 4 rings (SSSR count). The van der Waals surface area contributed by atoms with E-state index in [1.807, 2.05) is 27.8 Å². The summed E-state index contributed by atoms with van der Waals surface area (Å²) in [5, 5.41) is 8.05. The second kappa shape index (κ2) is 7.70. The lowest BCUT2D eigenvalue weighted by Crippen LogP contribution is -2.39. The summed E-state index contributed by atoms with van der Waals surface area (Å²) in [5.74, 6) is 2.29. The number of amides is 1. The molecule has 1 aliphatic heterocycles. The molecular weight excluding hydrogens is 350 g/mol. The van der Waals surface area contributed by atoms with Crippen molar-refractivity contribution in [2.75, 3.05) is 13.1 Å². The molecule has 134 valence electrons. The van der Waals surface area contributed by atoms with Crippen LogP contribution in [-0.4, -0.2) is 34.0 Å². The zero-order chi connectivity index (χ0) is 17.8. The Labute approximate surface area is 155 Å². The maximum atomic E-state index is 12.4. The fourth-order valence-electron chi connectivity index (χ4n) is 3.17. The lowest BCUT2D eigenvalue weighted by Gasteiger charge is -2.31. The van der Waals surface area contributed by atoms with Gasteiger partial charge in [0, 0.05) is 36.5 Å². The molecule has 0 N–H and O–H groups in total. The molecule has 1 atom stereocenters. The van der Waals surface area contributed by atoms with Crippen LogP contribution in [0.15, 0.2) is 50.2 Å². The first-order valence-electron chi connectivity index (χ1n) is 8.63. The Bertz CT molecular complexity index is 868. The molecule has 1 saturated heterocycles. The molecule has 7 heteroatoms.